The van der Waals surface area contributed by atoms with Crippen molar-refractivity contribution in [2.75, 3.05) is 30.4 Å². The van der Waals surface area contributed by atoms with E-state index in [1.54, 1.807) is 14.0 Å². The molecular formula is C31H37N9O2. The number of benzene rings is 1. The number of aromatic nitrogens is 5. The molecule has 3 aromatic heterocycles. The third kappa shape index (κ3) is 6.41. The number of carbonyl (C=O) groups excluding carboxylic acids is 1. The molecule has 2 fully saturated rings. The van der Waals surface area contributed by atoms with Gasteiger partial charge in [0.05, 0.1) is 18.1 Å². The van der Waals surface area contributed by atoms with Crippen LogP contribution in [0.5, 0.6) is 0 Å². The molecule has 1 aliphatic heterocycles. The Morgan fingerprint density at radius 2 is 1.76 bits per heavy atom. The van der Waals surface area contributed by atoms with E-state index >= 15 is 0 Å². The molecule has 4 heterocycles. The third-order valence-corrected chi connectivity index (χ3v) is 8.15. The summed E-state index contributed by atoms with van der Waals surface area (Å²) in [6.07, 6.45) is 12.4. The van der Waals surface area contributed by atoms with Gasteiger partial charge in [0, 0.05) is 56.9 Å². The monoisotopic (exact) mass is 567 g/mol. The quantitative estimate of drug-likeness (QED) is 0.284. The Kier molecular flexibility index (Phi) is 8.36. The van der Waals surface area contributed by atoms with E-state index in [9.17, 15) is 4.79 Å². The van der Waals surface area contributed by atoms with Crippen molar-refractivity contribution in [1.82, 2.24) is 35.7 Å². The van der Waals surface area contributed by atoms with Crippen molar-refractivity contribution < 1.29 is 9.32 Å². The van der Waals surface area contributed by atoms with Gasteiger partial charge in [-0.2, -0.15) is 4.98 Å². The number of hydrogen-bond donors (Lipinski definition) is 3. The number of pyridine rings is 1. The highest BCUT2D eigenvalue weighted by atomic mass is 16.5. The first kappa shape index (κ1) is 27.8. The fraction of sp³-hybridized carbons (Fsp3) is 0.419. The van der Waals surface area contributed by atoms with Gasteiger partial charge < -0.3 is 25.4 Å². The van der Waals surface area contributed by atoms with Gasteiger partial charge in [-0.3, -0.25) is 4.79 Å². The van der Waals surface area contributed by atoms with Gasteiger partial charge in [0.1, 0.15) is 5.82 Å². The summed E-state index contributed by atoms with van der Waals surface area (Å²) in [6, 6.07) is 12.8. The summed E-state index contributed by atoms with van der Waals surface area (Å²) in [4.78, 5) is 32.3. The molecule has 0 spiro atoms. The molecule has 1 saturated heterocycles. The molecule has 6 rings (SSSR count). The van der Waals surface area contributed by atoms with Crippen molar-refractivity contribution >= 4 is 17.4 Å². The summed E-state index contributed by atoms with van der Waals surface area (Å²) in [6.45, 7) is 3.64. The number of aryl methyl sites for hydroxylation is 1. The maximum atomic E-state index is 12.1. The minimum absolute atomic E-state index is 0.0925. The highest BCUT2D eigenvalue weighted by Crippen LogP contribution is 2.27. The number of piperidine rings is 1. The van der Waals surface area contributed by atoms with Crippen LogP contribution in [-0.4, -0.2) is 69.3 Å². The number of nitrogens with one attached hydrogen (secondary N) is 3. The maximum absolute atomic E-state index is 12.1. The molecule has 0 bridgehead atoms. The van der Waals surface area contributed by atoms with Crippen LogP contribution in [0.2, 0.25) is 0 Å². The molecule has 2 aliphatic rings. The molecule has 11 heteroatoms. The highest BCUT2D eigenvalue weighted by Gasteiger charge is 2.30. The van der Waals surface area contributed by atoms with Crippen molar-refractivity contribution in [3.05, 3.63) is 66.4 Å². The van der Waals surface area contributed by atoms with Crippen molar-refractivity contribution in [2.24, 2.45) is 0 Å². The minimum Gasteiger partial charge on any atom is -0.367 e. The number of anilines is 2. The summed E-state index contributed by atoms with van der Waals surface area (Å²) in [7, 11) is 1.65. The molecule has 11 nitrogen and oxygen atoms in total. The first-order chi connectivity index (χ1) is 20.6. The van der Waals surface area contributed by atoms with E-state index in [1.807, 2.05) is 48.9 Å². The van der Waals surface area contributed by atoms with E-state index in [1.165, 1.54) is 12.8 Å². The number of nitrogens with zero attached hydrogens (tertiary/aromatic N) is 6. The van der Waals surface area contributed by atoms with Crippen LogP contribution in [0, 0.1) is 6.92 Å². The largest absolute Gasteiger partial charge is 0.367 e. The lowest BCUT2D eigenvalue weighted by Crippen LogP contribution is -2.55. The molecule has 218 valence electrons. The van der Waals surface area contributed by atoms with Crippen LogP contribution in [0.15, 0.2) is 59.5 Å². The number of hydrogen-bond acceptors (Lipinski definition) is 10. The number of rotatable bonds is 8. The van der Waals surface area contributed by atoms with Crippen molar-refractivity contribution in [3.8, 4) is 22.8 Å². The molecule has 3 atom stereocenters. The van der Waals surface area contributed by atoms with E-state index in [2.05, 4.69) is 52.0 Å². The lowest BCUT2D eigenvalue weighted by atomic mass is 9.89. The van der Waals surface area contributed by atoms with Crippen LogP contribution in [0.4, 0.5) is 11.5 Å². The Morgan fingerprint density at radius 1 is 0.952 bits per heavy atom. The second-order valence-electron chi connectivity index (χ2n) is 11.1. The Balaban J connectivity index is 1.10. The third-order valence-electron chi connectivity index (χ3n) is 8.15. The summed E-state index contributed by atoms with van der Waals surface area (Å²) in [5, 5.41) is 14.3. The lowest BCUT2D eigenvalue weighted by Gasteiger charge is -2.40. The highest BCUT2D eigenvalue weighted by molar-refractivity contribution is 5.95. The maximum Gasteiger partial charge on any atom is 0.251 e. The van der Waals surface area contributed by atoms with Gasteiger partial charge in [0.15, 0.2) is 0 Å². The van der Waals surface area contributed by atoms with Crippen LogP contribution >= 0.6 is 0 Å². The lowest BCUT2D eigenvalue weighted by molar-refractivity contribution is 0.0963. The Hall–Kier alpha value is -4.38. The summed E-state index contributed by atoms with van der Waals surface area (Å²) in [5.74, 6) is 2.14. The number of amides is 1. The van der Waals surface area contributed by atoms with Gasteiger partial charge >= 0.3 is 0 Å². The Bertz CT molecular complexity index is 1510. The van der Waals surface area contributed by atoms with Gasteiger partial charge in [0.2, 0.25) is 17.5 Å². The normalized spacial score (nSPS) is 20.7. The second-order valence-corrected chi connectivity index (χ2v) is 11.1. The molecule has 1 saturated carbocycles. The van der Waals surface area contributed by atoms with E-state index in [0.717, 1.165) is 61.4 Å². The molecular weight excluding hydrogens is 530 g/mol. The average Bonchev–Trinajstić information content (AvgIpc) is 3.48. The summed E-state index contributed by atoms with van der Waals surface area (Å²) < 4.78 is 5.06. The predicted octanol–water partition coefficient (Wildman–Crippen LogP) is 4.24. The van der Waals surface area contributed by atoms with E-state index in [4.69, 9.17) is 4.52 Å². The zero-order chi connectivity index (χ0) is 28.9. The van der Waals surface area contributed by atoms with E-state index in [-0.39, 0.29) is 11.9 Å². The van der Waals surface area contributed by atoms with Gasteiger partial charge in [0.25, 0.3) is 5.91 Å². The van der Waals surface area contributed by atoms with Gasteiger partial charge in [-0.15, -0.1) is 0 Å². The molecule has 42 heavy (non-hydrogen) atoms. The zero-order valence-corrected chi connectivity index (χ0v) is 24.1. The Morgan fingerprint density at radius 3 is 2.55 bits per heavy atom. The van der Waals surface area contributed by atoms with Crippen LogP contribution in [0.1, 0.15) is 54.8 Å². The average molecular weight is 568 g/mol. The Labute approximate surface area is 245 Å². The van der Waals surface area contributed by atoms with Gasteiger partial charge in [-0.1, -0.05) is 30.1 Å². The van der Waals surface area contributed by atoms with Gasteiger partial charge in [-0.05, 0) is 61.1 Å². The van der Waals surface area contributed by atoms with Gasteiger partial charge in [-0.25, -0.2) is 15.0 Å². The summed E-state index contributed by atoms with van der Waals surface area (Å²) >= 11 is 0. The van der Waals surface area contributed by atoms with Crippen molar-refractivity contribution in [3.63, 3.8) is 0 Å². The van der Waals surface area contributed by atoms with Crippen LogP contribution < -0.4 is 20.9 Å². The SMILES string of the molecule is CNC(=O)c1cccc(-c2ccnc(N[C@@H]3CCCCC3N[C@H]3CCCN(c4cnc(-c5noc(C)n5)nc4)C3)c2)c1. The standard InChI is InChI=1S/C31H37N9O2/c1-20-36-30(39-42-20)29-34-17-25(18-35-29)40-14-6-9-24(19-40)37-26-10-3-4-11-27(26)38-28-16-22(12-13-33-28)21-7-5-8-23(15-21)31(41)32-2/h5,7-8,12-13,15-18,24,26-27,37H,3-4,6,9-11,14,19H2,1-2H3,(H,32,41)(H,33,38)/t24-,26?,27+/m0/s1. The summed E-state index contributed by atoms with van der Waals surface area (Å²) in [5.41, 5.74) is 3.67. The molecule has 3 N–H and O–H groups in total. The van der Waals surface area contributed by atoms with Crippen LogP contribution in [0.25, 0.3) is 22.8 Å². The van der Waals surface area contributed by atoms with Crippen LogP contribution in [0.3, 0.4) is 0 Å². The fourth-order valence-electron chi connectivity index (χ4n) is 6.01. The molecule has 1 unspecified atom stereocenters. The predicted molar refractivity (Wildman–Crippen MR) is 161 cm³/mol. The first-order valence-electron chi connectivity index (χ1n) is 14.7. The smallest absolute Gasteiger partial charge is 0.251 e. The molecule has 1 aliphatic carbocycles. The molecule has 4 aromatic rings. The van der Waals surface area contributed by atoms with Crippen LogP contribution in [-0.2, 0) is 0 Å². The van der Waals surface area contributed by atoms with E-state index < -0.39 is 0 Å². The molecule has 1 aromatic carbocycles. The van der Waals surface area contributed by atoms with Crippen molar-refractivity contribution in [2.45, 2.75) is 63.6 Å². The molecule has 1 amide bonds. The van der Waals surface area contributed by atoms with Crippen molar-refractivity contribution in [1.29, 1.82) is 0 Å². The first-order valence-corrected chi connectivity index (χ1v) is 14.7. The fourth-order valence-corrected chi connectivity index (χ4v) is 6.01. The topological polar surface area (TPSA) is 134 Å². The number of carbonyl (C=O) groups is 1. The zero-order valence-electron chi connectivity index (χ0n) is 24.1. The second kappa shape index (κ2) is 12.6. The van der Waals surface area contributed by atoms with E-state index in [0.29, 0.717) is 35.2 Å². The minimum atomic E-state index is -0.0925. The molecule has 0 radical (unpaired) electrons.